The Kier molecular flexibility index (Phi) is 4.65. The number of aromatic nitrogens is 4. The van der Waals surface area contributed by atoms with Crippen molar-refractivity contribution in [3.05, 3.63) is 58.3 Å². The molecule has 1 amide bonds. The molecular weight excluding hydrogens is 318 g/mol. The molecule has 0 aliphatic rings. The lowest BCUT2D eigenvalue weighted by molar-refractivity contribution is -0.122. The van der Waals surface area contributed by atoms with E-state index in [1.807, 2.05) is 19.1 Å². The monoisotopic (exact) mass is 339 g/mol. The van der Waals surface area contributed by atoms with Gasteiger partial charge in [-0.1, -0.05) is 31.2 Å². The fourth-order valence-electron chi connectivity index (χ4n) is 2.75. The predicted molar refractivity (Wildman–Crippen MR) is 95.1 cm³/mol. The van der Waals surface area contributed by atoms with Crippen molar-refractivity contribution in [3.63, 3.8) is 0 Å². The SMILES string of the molecule is CCc1ccc([C@H](C)NC(=O)Cn2cnc3c(cnn3C)c2=O)cc1. The van der Waals surface area contributed by atoms with Gasteiger partial charge in [-0.25, -0.2) is 4.98 Å². The minimum absolute atomic E-state index is 0.0753. The zero-order chi connectivity index (χ0) is 18.0. The predicted octanol–water partition coefficient (Wildman–Crippen LogP) is 1.57. The Balaban J connectivity index is 1.71. The lowest BCUT2D eigenvalue weighted by Gasteiger charge is -2.15. The molecule has 0 bridgehead atoms. The van der Waals surface area contributed by atoms with Crippen molar-refractivity contribution in [3.8, 4) is 0 Å². The maximum absolute atomic E-state index is 12.4. The van der Waals surface area contributed by atoms with E-state index in [0.717, 1.165) is 12.0 Å². The van der Waals surface area contributed by atoms with Crippen molar-refractivity contribution in [2.45, 2.75) is 32.9 Å². The molecule has 0 saturated carbocycles. The molecule has 0 unspecified atom stereocenters. The minimum atomic E-state index is -0.270. The number of nitrogens with one attached hydrogen (secondary N) is 1. The Hall–Kier alpha value is -2.96. The van der Waals surface area contributed by atoms with Crippen LogP contribution in [0.3, 0.4) is 0 Å². The van der Waals surface area contributed by atoms with E-state index >= 15 is 0 Å². The molecule has 25 heavy (non-hydrogen) atoms. The fraction of sp³-hybridized carbons (Fsp3) is 0.333. The summed E-state index contributed by atoms with van der Waals surface area (Å²) in [5, 5.41) is 7.34. The first kappa shape index (κ1) is 16.9. The third-order valence-electron chi connectivity index (χ3n) is 4.30. The van der Waals surface area contributed by atoms with Crippen molar-refractivity contribution >= 4 is 16.9 Å². The number of rotatable bonds is 5. The molecule has 2 aromatic heterocycles. The summed E-state index contributed by atoms with van der Waals surface area (Å²) < 4.78 is 2.83. The van der Waals surface area contributed by atoms with Gasteiger partial charge in [0.25, 0.3) is 5.56 Å². The highest BCUT2D eigenvalue weighted by atomic mass is 16.2. The maximum atomic E-state index is 12.4. The van der Waals surface area contributed by atoms with Crippen LogP contribution in [-0.2, 0) is 24.8 Å². The van der Waals surface area contributed by atoms with Gasteiger partial charge in [-0.2, -0.15) is 5.10 Å². The molecule has 0 fully saturated rings. The molecule has 0 radical (unpaired) electrons. The Morgan fingerprint density at radius 2 is 2.00 bits per heavy atom. The highest BCUT2D eigenvalue weighted by Gasteiger charge is 2.13. The number of nitrogens with zero attached hydrogens (tertiary/aromatic N) is 4. The van der Waals surface area contributed by atoms with Gasteiger partial charge in [-0.15, -0.1) is 0 Å². The quantitative estimate of drug-likeness (QED) is 0.765. The van der Waals surface area contributed by atoms with Gasteiger partial charge in [-0.05, 0) is 24.5 Å². The maximum Gasteiger partial charge on any atom is 0.264 e. The summed E-state index contributed by atoms with van der Waals surface area (Å²) in [6, 6.07) is 8.01. The van der Waals surface area contributed by atoms with Crippen molar-refractivity contribution in [1.82, 2.24) is 24.6 Å². The topological polar surface area (TPSA) is 81.8 Å². The Bertz CT molecular complexity index is 956. The second kappa shape index (κ2) is 6.88. The van der Waals surface area contributed by atoms with Crippen LogP contribution in [0.15, 0.2) is 41.6 Å². The first-order chi connectivity index (χ1) is 12.0. The third kappa shape index (κ3) is 3.45. The lowest BCUT2D eigenvalue weighted by Crippen LogP contribution is -2.33. The first-order valence-electron chi connectivity index (χ1n) is 8.25. The van der Waals surface area contributed by atoms with E-state index < -0.39 is 0 Å². The van der Waals surface area contributed by atoms with Crippen molar-refractivity contribution in [1.29, 1.82) is 0 Å². The van der Waals surface area contributed by atoms with E-state index in [1.54, 1.807) is 7.05 Å². The average Bonchev–Trinajstić information content (AvgIpc) is 2.99. The summed E-state index contributed by atoms with van der Waals surface area (Å²) in [6.07, 6.45) is 3.83. The Morgan fingerprint density at radius 1 is 1.28 bits per heavy atom. The van der Waals surface area contributed by atoms with Gasteiger partial charge < -0.3 is 5.32 Å². The number of amides is 1. The summed E-state index contributed by atoms with van der Waals surface area (Å²) in [6.45, 7) is 3.95. The normalized spacial score (nSPS) is 12.3. The number of carbonyl (C=O) groups excluding carboxylic acids is 1. The van der Waals surface area contributed by atoms with E-state index in [-0.39, 0.29) is 24.1 Å². The lowest BCUT2D eigenvalue weighted by atomic mass is 10.1. The van der Waals surface area contributed by atoms with Crippen molar-refractivity contribution in [2.24, 2.45) is 7.05 Å². The van der Waals surface area contributed by atoms with E-state index in [2.05, 4.69) is 34.5 Å². The van der Waals surface area contributed by atoms with Crippen LogP contribution >= 0.6 is 0 Å². The molecule has 1 atom stereocenters. The van der Waals surface area contributed by atoms with Crippen LogP contribution in [0.2, 0.25) is 0 Å². The van der Waals surface area contributed by atoms with Gasteiger partial charge in [0, 0.05) is 7.05 Å². The van der Waals surface area contributed by atoms with Crippen LogP contribution in [0, 0.1) is 0 Å². The van der Waals surface area contributed by atoms with Gasteiger partial charge in [0.1, 0.15) is 18.3 Å². The zero-order valence-electron chi connectivity index (χ0n) is 14.6. The second-order valence-electron chi connectivity index (χ2n) is 6.07. The van der Waals surface area contributed by atoms with E-state index in [1.165, 1.54) is 27.3 Å². The first-order valence-corrected chi connectivity index (χ1v) is 8.25. The Labute approximate surface area is 145 Å². The number of fused-ring (bicyclic) bond motifs is 1. The van der Waals surface area contributed by atoms with Crippen LogP contribution in [0.4, 0.5) is 0 Å². The van der Waals surface area contributed by atoms with Gasteiger partial charge >= 0.3 is 0 Å². The molecule has 0 aliphatic heterocycles. The molecule has 3 aromatic rings. The van der Waals surface area contributed by atoms with E-state index in [9.17, 15) is 9.59 Å². The molecule has 0 saturated heterocycles. The van der Waals surface area contributed by atoms with Crippen LogP contribution in [0.1, 0.15) is 31.0 Å². The van der Waals surface area contributed by atoms with Gasteiger partial charge in [0.2, 0.25) is 5.91 Å². The largest absolute Gasteiger partial charge is 0.348 e. The molecule has 1 aromatic carbocycles. The fourth-order valence-corrected chi connectivity index (χ4v) is 2.75. The molecule has 7 heteroatoms. The van der Waals surface area contributed by atoms with Crippen molar-refractivity contribution in [2.75, 3.05) is 0 Å². The summed E-state index contributed by atoms with van der Waals surface area (Å²) in [7, 11) is 1.72. The number of hydrogen-bond donors (Lipinski definition) is 1. The molecule has 0 aliphatic carbocycles. The summed E-state index contributed by atoms with van der Waals surface area (Å²) in [4.78, 5) is 28.9. The number of carbonyl (C=O) groups is 1. The number of aryl methyl sites for hydroxylation is 2. The highest BCUT2D eigenvalue weighted by molar-refractivity contribution is 5.77. The zero-order valence-corrected chi connectivity index (χ0v) is 14.6. The molecular formula is C18H21N5O2. The number of benzene rings is 1. The molecule has 0 spiro atoms. The van der Waals surface area contributed by atoms with Crippen LogP contribution in [0.5, 0.6) is 0 Å². The number of hydrogen-bond acceptors (Lipinski definition) is 4. The highest BCUT2D eigenvalue weighted by Crippen LogP contribution is 2.13. The van der Waals surface area contributed by atoms with Crippen LogP contribution < -0.4 is 10.9 Å². The smallest absolute Gasteiger partial charge is 0.264 e. The summed E-state index contributed by atoms with van der Waals surface area (Å²) in [5.74, 6) is -0.237. The molecule has 3 rings (SSSR count). The van der Waals surface area contributed by atoms with Crippen LogP contribution in [0.25, 0.3) is 11.0 Å². The molecule has 130 valence electrons. The third-order valence-corrected chi connectivity index (χ3v) is 4.30. The van der Waals surface area contributed by atoms with Gasteiger partial charge in [0.15, 0.2) is 5.65 Å². The molecule has 1 N–H and O–H groups in total. The van der Waals surface area contributed by atoms with Gasteiger partial charge in [-0.3, -0.25) is 18.8 Å². The molecule has 2 heterocycles. The van der Waals surface area contributed by atoms with Crippen molar-refractivity contribution < 1.29 is 4.79 Å². The Morgan fingerprint density at radius 3 is 2.68 bits per heavy atom. The van der Waals surface area contributed by atoms with E-state index in [0.29, 0.717) is 11.0 Å². The standard InChI is InChI=1S/C18H21N5O2/c1-4-13-5-7-14(8-6-13)12(2)21-16(24)10-23-11-19-17-15(18(23)25)9-20-22(17)3/h5-9,11-12H,4,10H2,1-3H3,(H,21,24)/t12-/m0/s1. The van der Waals surface area contributed by atoms with Crippen LogP contribution in [-0.4, -0.2) is 25.2 Å². The van der Waals surface area contributed by atoms with E-state index in [4.69, 9.17) is 0 Å². The minimum Gasteiger partial charge on any atom is -0.348 e. The summed E-state index contributed by atoms with van der Waals surface area (Å²) in [5.41, 5.74) is 2.52. The second-order valence-corrected chi connectivity index (χ2v) is 6.07. The average molecular weight is 339 g/mol. The van der Waals surface area contributed by atoms with Gasteiger partial charge in [0.05, 0.1) is 12.2 Å². The molecule has 7 nitrogen and oxygen atoms in total. The summed E-state index contributed by atoms with van der Waals surface area (Å²) >= 11 is 0.